The summed E-state index contributed by atoms with van der Waals surface area (Å²) in [4.78, 5) is 64.0. The van der Waals surface area contributed by atoms with Gasteiger partial charge >= 0.3 is 0 Å². The third-order valence-electron chi connectivity index (χ3n) is 13.8. The largest absolute Gasteiger partial charge is 0.371 e. The first kappa shape index (κ1) is 38.6. The van der Waals surface area contributed by atoms with E-state index in [1.807, 2.05) is 13.0 Å². The molecule has 9 rings (SSSR count). The number of anilines is 3. The lowest BCUT2D eigenvalue weighted by Crippen LogP contribution is -2.52. The molecule has 1 atom stereocenters. The molecule has 1 aromatic carbocycles. The highest BCUT2D eigenvalue weighted by molar-refractivity contribution is 7.92. The Balaban J connectivity index is 0.756. The third-order valence-corrected chi connectivity index (χ3v) is 15.9. The van der Waals surface area contributed by atoms with E-state index in [0.29, 0.717) is 41.7 Å². The Hall–Kier alpha value is -4.89. The van der Waals surface area contributed by atoms with Crippen LogP contribution < -0.4 is 26.7 Å². The average molecular weight is 809 g/mol. The number of sulfone groups is 1. The number of aryl methyl sites for hydroxylation is 1. The first-order valence-corrected chi connectivity index (χ1v) is 22.5. The summed E-state index contributed by atoms with van der Waals surface area (Å²) in [6.07, 6.45) is 13.6. The number of benzene rings is 1. The molecule has 2 saturated carbocycles. The van der Waals surface area contributed by atoms with Gasteiger partial charge in [0.2, 0.25) is 17.8 Å². The smallest absolute Gasteiger partial charge is 0.253 e. The molecule has 3 saturated heterocycles. The predicted molar refractivity (Wildman–Crippen MR) is 221 cm³/mol. The van der Waals surface area contributed by atoms with Gasteiger partial charge in [0.25, 0.3) is 11.1 Å². The number of carbonyl (C=O) groups is 2. The summed E-state index contributed by atoms with van der Waals surface area (Å²) in [5.74, 6) is 0.214. The second-order valence-corrected chi connectivity index (χ2v) is 19.7. The zero-order valence-electron chi connectivity index (χ0n) is 33.1. The molecule has 0 radical (unpaired) electrons. The third kappa shape index (κ3) is 7.47. The van der Waals surface area contributed by atoms with Crippen molar-refractivity contribution in [2.75, 3.05) is 42.9 Å². The maximum Gasteiger partial charge on any atom is 0.253 e. The SMILES string of the molecule is Cc1cc(S(=O)(=O)C2CC3(CCN(CC4CCN(c5ccn(C6CCC(=O)NC6=O)c(=O)c5)CC4)CC3)C2)ccc1Nc1ncc2ccc(=O)n(C3CCCC3)c2n1. The van der Waals surface area contributed by atoms with Crippen molar-refractivity contribution in [2.45, 2.75) is 106 Å². The van der Waals surface area contributed by atoms with Crippen LogP contribution in [0, 0.1) is 18.3 Å². The van der Waals surface area contributed by atoms with Crippen LogP contribution in [0.4, 0.5) is 17.3 Å². The van der Waals surface area contributed by atoms with E-state index >= 15 is 0 Å². The number of piperidine rings is 3. The predicted octanol–water partition coefficient (Wildman–Crippen LogP) is 5.03. The average Bonchev–Trinajstić information content (AvgIpc) is 3.73. The fourth-order valence-corrected chi connectivity index (χ4v) is 12.4. The van der Waals surface area contributed by atoms with Crippen LogP contribution in [0.1, 0.15) is 94.7 Å². The van der Waals surface area contributed by atoms with Crippen molar-refractivity contribution in [1.29, 1.82) is 0 Å². The van der Waals surface area contributed by atoms with Gasteiger partial charge in [0.05, 0.1) is 10.1 Å². The summed E-state index contributed by atoms with van der Waals surface area (Å²) < 4.78 is 30.9. The van der Waals surface area contributed by atoms with E-state index in [2.05, 4.69) is 25.4 Å². The molecule has 2 N–H and O–H groups in total. The van der Waals surface area contributed by atoms with Crippen molar-refractivity contribution in [3.8, 4) is 0 Å². The van der Waals surface area contributed by atoms with E-state index in [9.17, 15) is 27.6 Å². The van der Waals surface area contributed by atoms with E-state index in [1.165, 1.54) is 4.57 Å². The topological polar surface area (TPSA) is 169 Å². The van der Waals surface area contributed by atoms with Crippen LogP contribution in [0.25, 0.3) is 11.0 Å². The van der Waals surface area contributed by atoms with Gasteiger partial charge in [-0.15, -0.1) is 0 Å². The maximum absolute atomic E-state index is 13.9. The Morgan fingerprint density at radius 1 is 0.879 bits per heavy atom. The summed E-state index contributed by atoms with van der Waals surface area (Å²) in [7, 11) is -3.48. The minimum absolute atomic E-state index is 0.0532. The number of imide groups is 1. The first-order valence-electron chi connectivity index (χ1n) is 21.0. The van der Waals surface area contributed by atoms with Crippen molar-refractivity contribution in [1.82, 2.24) is 29.3 Å². The van der Waals surface area contributed by atoms with E-state index < -0.39 is 21.8 Å². The summed E-state index contributed by atoms with van der Waals surface area (Å²) in [6, 6.07) is 11.6. The number of pyridine rings is 2. The Morgan fingerprint density at radius 3 is 2.34 bits per heavy atom. The molecule has 15 heteroatoms. The van der Waals surface area contributed by atoms with Crippen LogP contribution in [0.5, 0.6) is 0 Å². The van der Waals surface area contributed by atoms with Crippen molar-refractivity contribution in [2.24, 2.45) is 11.3 Å². The van der Waals surface area contributed by atoms with Gasteiger partial charge in [-0.25, -0.2) is 13.4 Å². The first-order chi connectivity index (χ1) is 27.9. The van der Waals surface area contributed by atoms with Crippen LogP contribution in [0.3, 0.4) is 0 Å². The van der Waals surface area contributed by atoms with Gasteiger partial charge in [0.1, 0.15) is 11.7 Å². The normalized spacial score (nSPS) is 22.4. The molecule has 2 amide bonds. The number of aromatic nitrogens is 4. The van der Waals surface area contributed by atoms with Gasteiger partial charge in [-0.3, -0.25) is 29.1 Å². The zero-order valence-corrected chi connectivity index (χ0v) is 33.9. The second kappa shape index (κ2) is 15.4. The van der Waals surface area contributed by atoms with Gasteiger partial charge in [0, 0.05) is 73.4 Å². The number of fused-ring (bicyclic) bond motifs is 1. The number of amides is 2. The van der Waals surface area contributed by atoms with Crippen LogP contribution in [-0.2, 0) is 19.4 Å². The lowest BCUT2D eigenvalue weighted by atomic mass is 9.63. The quantitative estimate of drug-likeness (QED) is 0.218. The van der Waals surface area contributed by atoms with Crippen LogP contribution in [-0.4, -0.2) is 82.2 Å². The number of rotatable bonds is 9. The van der Waals surface area contributed by atoms with Crippen molar-refractivity contribution in [3.05, 3.63) is 81.1 Å². The molecule has 5 fully saturated rings. The molecule has 6 heterocycles. The van der Waals surface area contributed by atoms with E-state index in [-0.39, 0.29) is 40.2 Å². The van der Waals surface area contributed by atoms with E-state index in [1.54, 1.807) is 53.4 Å². The van der Waals surface area contributed by atoms with E-state index in [0.717, 1.165) is 106 Å². The number of carbonyl (C=O) groups excluding carboxylic acids is 2. The molecule has 306 valence electrons. The minimum atomic E-state index is -3.48. The minimum Gasteiger partial charge on any atom is -0.371 e. The molecule has 3 aliphatic heterocycles. The van der Waals surface area contributed by atoms with Gasteiger partial charge < -0.3 is 19.7 Å². The molecule has 1 unspecified atom stereocenters. The van der Waals surface area contributed by atoms with Crippen molar-refractivity contribution >= 4 is 50.0 Å². The molecular formula is C43H52N8O6S. The molecule has 58 heavy (non-hydrogen) atoms. The summed E-state index contributed by atoms with van der Waals surface area (Å²) in [5, 5.41) is 6.04. The monoisotopic (exact) mass is 808 g/mol. The van der Waals surface area contributed by atoms with E-state index in [4.69, 9.17) is 4.98 Å². The number of nitrogens with one attached hydrogen (secondary N) is 2. The molecule has 3 aromatic heterocycles. The molecule has 14 nitrogen and oxygen atoms in total. The molecule has 0 bridgehead atoms. The number of hydrogen-bond donors (Lipinski definition) is 2. The fraction of sp³-hybridized carbons (Fsp3) is 0.535. The molecule has 1 spiro atoms. The van der Waals surface area contributed by atoms with Crippen molar-refractivity contribution < 1.29 is 18.0 Å². The maximum atomic E-state index is 13.9. The highest BCUT2D eigenvalue weighted by Crippen LogP contribution is 2.53. The summed E-state index contributed by atoms with van der Waals surface area (Å²) >= 11 is 0. The Labute approximate surface area is 338 Å². The number of likely N-dealkylation sites (tertiary alicyclic amines) is 1. The summed E-state index contributed by atoms with van der Waals surface area (Å²) in [5.41, 5.74) is 2.81. The molecule has 5 aliphatic rings. The van der Waals surface area contributed by atoms with Crippen LogP contribution >= 0.6 is 0 Å². The standard InChI is InChI=1S/C43H52N8O6S/c1-28-22-33(7-8-35(28)45-42-44-26-30-6-11-38(53)51(40(30)47-42)31-4-2-3-5-31)58(56,57)34-24-43(25-34)15-20-48(21-16-43)27-29-12-17-49(18-13-29)32-14-19-50(39(54)23-32)36-9-10-37(52)46-41(36)55/h6-8,11,14,19,22-23,26,29,31,34,36H,2-5,9-10,12-13,15-18,20-21,24-25,27H2,1H3,(H,44,45,47)(H,46,52,55). The van der Waals surface area contributed by atoms with Crippen LogP contribution in [0.15, 0.2) is 69.3 Å². The van der Waals surface area contributed by atoms with Gasteiger partial charge in [0.15, 0.2) is 9.84 Å². The fourth-order valence-electron chi connectivity index (χ4n) is 10.2. The second-order valence-electron chi connectivity index (χ2n) is 17.5. The highest BCUT2D eigenvalue weighted by Gasteiger charge is 2.51. The Kier molecular flexibility index (Phi) is 10.2. The Bertz CT molecular complexity index is 2470. The van der Waals surface area contributed by atoms with Gasteiger partial charge in [-0.1, -0.05) is 12.8 Å². The molecule has 4 aromatic rings. The zero-order chi connectivity index (χ0) is 40.2. The highest BCUT2D eigenvalue weighted by atomic mass is 32.2. The number of nitrogens with zero attached hydrogens (tertiary/aromatic N) is 6. The number of hydrogen-bond acceptors (Lipinski definition) is 11. The summed E-state index contributed by atoms with van der Waals surface area (Å²) in [6.45, 7) is 6.62. The lowest BCUT2D eigenvalue weighted by Gasteiger charge is -2.52. The Morgan fingerprint density at radius 2 is 1.64 bits per heavy atom. The molecule has 2 aliphatic carbocycles. The van der Waals surface area contributed by atoms with Gasteiger partial charge in [-0.2, -0.15) is 4.98 Å². The van der Waals surface area contributed by atoms with Gasteiger partial charge in [-0.05, 0) is 125 Å². The van der Waals surface area contributed by atoms with Crippen molar-refractivity contribution in [3.63, 3.8) is 0 Å². The lowest BCUT2D eigenvalue weighted by molar-refractivity contribution is -0.135. The van der Waals surface area contributed by atoms with Crippen LogP contribution in [0.2, 0.25) is 0 Å². The molecular weight excluding hydrogens is 757 g/mol.